The summed E-state index contributed by atoms with van der Waals surface area (Å²) in [5.41, 5.74) is 2.28. The van der Waals surface area contributed by atoms with Crippen molar-refractivity contribution in [3.05, 3.63) is 45.9 Å². The van der Waals surface area contributed by atoms with E-state index in [0.29, 0.717) is 30.4 Å². The van der Waals surface area contributed by atoms with Gasteiger partial charge in [-0.3, -0.25) is 0 Å². The summed E-state index contributed by atoms with van der Waals surface area (Å²) in [6, 6.07) is 5.78. The molecule has 5 rings (SSSR count). The van der Waals surface area contributed by atoms with Crippen molar-refractivity contribution in [3.63, 3.8) is 0 Å². The second kappa shape index (κ2) is 9.75. The molecule has 9 heteroatoms. The molecule has 0 bridgehead atoms. The summed E-state index contributed by atoms with van der Waals surface area (Å²) in [5.74, 6) is 3.68. The Labute approximate surface area is 197 Å². The maximum atomic E-state index is 14.4. The van der Waals surface area contributed by atoms with Crippen molar-refractivity contribution in [2.75, 3.05) is 24.6 Å². The van der Waals surface area contributed by atoms with E-state index in [4.69, 9.17) is 9.26 Å². The molecule has 0 N–H and O–H groups in total. The lowest BCUT2D eigenvalue weighted by atomic mass is 9.90. The molecule has 1 aliphatic carbocycles. The molecule has 2 fully saturated rings. The average molecular weight is 472 g/mol. The van der Waals surface area contributed by atoms with Crippen LogP contribution < -0.4 is 9.64 Å². The van der Waals surface area contributed by atoms with E-state index in [1.54, 1.807) is 11.6 Å². The van der Waals surface area contributed by atoms with Crippen molar-refractivity contribution in [1.82, 2.24) is 20.3 Å². The zero-order valence-electron chi connectivity index (χ0n) is 19.1. The largest absolute Gasteiger partial charge is 0.493 e. The van der Waals surface area contributed by atoms with Crippen LogP contribution in [0.3, 0.4) is 0 Å². The lowest BCUT2D eigenvalue weighted by Crippen LogP contribution is -2.34. The molecule has 0 unspecified atom stereocenters. The number of piperidine rings is 1. The summed E-state index contributed by atoms with van der Waals surface area (Å²) in [4.78, 5) is 6.75. The molecular formula is C24H30FN5O2S. The quantitative estimate of drug-likeness (QED) is 0.430. The van der Waals surface area contributed by atoms with E-state index < -0.39 is 0 Å². The highest BCUT2D eigenvalue weighted by Crippen LogP contribution is 2.50. The van der Waals surface area contributed by atoms with E-state index in [2.05, 4.69) is 39.1 Å². The number of rotatable bonds is 9. The van der Waals surface area contributed by atoms with Gasteiger partial charge in [-0.15, -0.1) is 21.5 Å². The molecule has 1 aliphatic heterocycles. The zero-order chi connectivity index (χ0) is 22.8. The summed E-state index contributed by atoms with van der Waals surface area (Å²) in [6.07, 6.45) is 5.11. The molecule has 3 heterocycles. The van der Waals surface area contributed by atoms with Crippen molar-refractivity contribution in [2.45, 2.75) is 51.9 Å². The van der Waals surface area contributed by atoms with Crippen LogP contribution in [0, 0.1) is 23.6 Å². The van der Waals surface area contributed by atoms with Gasteiger partial charge in [-0.05, 0) is 55.1 Å². The standard InChI is InChI=1S/C24H30FN5O2S/c1-15(2)23-27-24(32-29-23)30-8-5-16(6-9-30)20-11-17(20)7-10-31-19-4-3-18(21(25)13-19)12-22-28-26-14-33-22/h3-4,13-17,20H,5-12H2,1-2H3/t17-,20-/m1/s1. The van der Waals surface area contributed by atoms with Gasteiger partial charge in [-0.1, -0.05) is 25.1 Å². The third kappa shape index (κ3) is 5.34. The highest BCUT2D eigenvalue weighted by molar-refractivity contribution is 7.09. The molecule has 1 saturated carbocycles. The molecule has 2 aliphatic rings. The lowest BCUT2D eigenvalue weighted by molar-refractivity contribution is 0.281. The number of hydrogen-bond acceptors (Lipinski definition) is 8. The van der Waals surface area contributed by atoms with Gasteiger partial charge < -0.3 is 14.2 Å². The fourth-order valence-electron chi connectivity index (χ4n) is 4.81. The number of anilines is 1. The van der Waals surface area contributed by atoms with E-state index in [1.807, 2.05) is 6.07 Å². The first kappa shape index (κ1) is 22.3. The first-order valence-electron chi connectivity index (χ1n) is 11.8. The van der Waals surface area contributed by atoms with E-state index in [-0.39, 0.29) is 11.7 Å². The van der Waals surface area contributed by atoms with Gasteiger partial charge in [0.25, 0.3) is 0 Å². The summed E-state index contributed by atoms with van der Waals surface area (Å²) in [6.45, 7) is 6.74. The Balaban J connectivity index is 1.03. The average Bonchev–Trinajstić information content (AvgIpc) is 3.17. The van der Waals surface area contributed by atoms with Crippen molar-refractivity contribution >= 4 is 17.4 Å². The topological polar surface area (TPSA) is 77.2 Å². The van der Waals surface area contributed by atoms with Gasteiger partial charge in [0.2, 0.25) is 0 Å². The Morgan fingerprint density at radius 3 is 2.82 bits per heavy atom. The van der Waals surface area contributed by atoms with E-state index in [0.717, 1.165) is 48.1 Å². The summed E-state index contributed by atoms with van der Waals surface area (Å²) in [7, 11) is 0. The van der Waals surface area contributed by atoms with Crippen LogP contribution in [0.25, 0.3) is 0 Å². The second-order valence-corrected chi connectivity index (χ2v) is 10.4. The van der Waals surface area contributed by atoms with Crippen molar-refractivity contribution in [3.8, 4) is 5.75 Å². The SMILES string of the molecule is CC(C)c1noc(N2CCC([C@H]3C[C@H]3CCOc3ccc(Cc4nncs4)c(F)c3)CC2)n1. The number of aromatic nitrogens is 4. The normalized spacial score (nSPS) is 21.0. The highest BCUT2D eigenvalue weighted by Gasteiger charge is 2.43. The number of ether oxygens (including phenoxy) is 1. The minimum atomic E-state index is -0.250. The van der Waals surface area contributed by atoms with E-state index in [1.165, 1.54) is 36.7 Å². The highest BCUT2D eigenvalue weighted by atomic mass is 32.1. The molecule has 1 saturated heterocycles. The maximum Gasteiger partial charge on any atom is 0.324 e. The van der Waals surface area contributed by atoms with Crippen LogP contribution in [-0.2, 0) is 6.42 Å². The van der Waals surface area contributed by atoms with Crippen molar-refractivity contribution < 1.29 is 13.7 Å². The van der Waals surface area contributed by atoms with Gasteiger partial charge >= 0.3 is 6.01 Å². The summed E-state index contributed by atoms with van der Waals surface area (Å²) < 4.78 is 25.7. The van der Waals surface area contributed by atoms with Gasteiger partial charge in [0, 0.05) is 31.5 Å². The zero-order valence-corrected chi connectivity index (χ0v) is 19.9. The Morgan fingerprint density at radius 2 is 2.12 bits per heavy atom. The number of benzene rings is 1. The Kier molecular flexibility index (Phi) is 6.57. The van der Waals surface area contributed by atoms with Gasteiger partial charge in [0.15, 0.2) is 5.82 Å². The molecule has 0 radical (unpaired) electrons. The third-order valence-corrected chi connectivity index (χ3v) is 7.57. The predicted molar refractivity (Wildman–Crippen MR) is 124 cm³/mol. The molecule has 176 valence electrons. The van der Waals surface area contributed by atoms with Crippen LogP contribution in [0.15, 0.2) is 28.2 Å². The summed E-state index contributed by atoms with van der Waals surface area (Å²) >= 11 is 1.43. The van der Waals surface area contributed by atoms with Crippen LogP contribution in [0.2, 0.25) is 0 Å². The number of hydrogen-bond donors (Lipinski definition) is 0. The molecule has 7 nitrogen and oxygen atoms in total. The molecular weight excluding hydrogens is 441 g/mol. The molecule has 2 atom stereocenters. The Hall–Kier alpha value is -2.55. The molecule has 1 aromatic carbocycles. The Morgan fingerprint density at radius 1 is 1.27 bits per heavy atom. The minimum absolute atomic E-state index is 0.250. The van der Waals surface area contributed by atoms with Crippen LogP contribution in [0.4, 0.5) is 10.4 Å². The fourth-order valence-corrected chi connectivity index (χ4v) is 5.36. The molecule has 3 aromatic rings. The summed E-state index contributed by atoms with van der Waals surface area (Å²) in [5, 5.41) is 12.7. The van der Waals surface area contributed by atoms with Gasteiger partial charge in [0.05, 0.1) is 6.61 Å². The predicted octanol–water partition coefficient (Wildman–Crippen LogP) is 5.10. The molecule has 2 aromatic heterocycles. The van der Waals surface area contributed by atoms with Crippen LogP contribution >= 0.6 is 11.3 Å². The van der Waals surface area contributed by atoms with Crippen LogP contribution in [0.5, 0.6) is 5.75 Å². The smallest absolute Gasteiger partial charge is 0.324 e. The molecule has 33 heavy (non-hydrogen) atoms. The first-order chi connectivity index (χ1) is 16.1. The third-order valence-electron chi connectivity index (χ3n) is 6.87. The second-order valence-electron chi connectivity index (χ2n) is 9.47. The number of halogens is 1. The van der Waals surface area contributed by atoms with Crippen molar-refractivity contribution in [2.24, 2.45) is 17.8 Å². The molecule has 0 amide bonds. The maximum absolute atomic E-state index is 14.4. The van der Waals surface area contributed by atoms with Gasteiger partial charge in [-0.25, -0.2) is 4.39 Å². The molecule has 0 spiro atoms. The Bertz CT molecular complexity index is 1050. The lowest BCUT2D eigenvalue weighted by Gasteiger charge is -2.30. The van der Waals surface area contributed by atoms with E-state index in [9.17, 15) is 4.39 Å². The van der Waals surface area contributed by atoms with Gasteiger partial charge in [0.1, 0.15) is 22.1 Å². The van der Waals surface area contributed by atoms with Crippen LogP contribution in [-0.4, -0.2) is 40.0 Å². The minimum Gasteiger partial charge on any atom is -0.493 e. The first-order valence-corrected chi connectivity index (χ1v) is 12.7. The van der Waals surface area contributed by atoms with Gasteiger partial charge in [-0.2, -0.15) is 4.98 Å². The van der Waals surface area contributed by atoms with Crippen molar-refractivity contribution in [1.29, 1.82) is 0 Å². The monoisotopic (exact) mass is 471 g/mol. The van der Waals surface area contributed by atoms with Crippen LogP contribution in [0.1, 0.15) is 61.8 Å². The fraction of sp³-hybridized carbons (Fsp3) is 0.583. The number of nitrogens with zero attached hydrogens (tertiary/aromatic N) is 5. The van der Waals surface area contributed by atoms with E-state index >= 15 is 0 Å².